The first-order valence-electron chi connectivity index (χ1n) is 10.3. The van der Waals surface area contributed by atoms with Crippen LogP contribution in [0.4, 0.5) is 4.79 Å². The number of fused-ring (bicyclic) bond motifs is 1. The highest BCUT2D eigenvalue weighted by Crippen LogP contribution is 2.35. The van der Waals surface area contributed by atoms with Crippen molar-refractivity contribution in [3.8, 4) is 11.5 Å². The van der Waals surface area contributed by atoms with Gasteiger partial charge in [0.1, 0.15) is 29.7 Å². The van der Waals surface area contributed by atoms with Crippen molar-refractivity contribution in [2.24, 2.45) is 5.92 Å². The van der Waals surface area contributed by atoms with Gasteiger partial charge < -0.3 is 19.5 Å². The van der Waals surface area contributed by atoms with Gasteiger partial charge in [-0.05, 0) is 58.6 Å². The molecule has 160 valence electrons. The van der Waals surface area contributed by atoms with E-state index in [2.05, 4.69) is 5.32 Å². The number of methoxy groups -OCH3 is 1. The SMILES string of the molecule is COc1cc2c(cc1CNC(=O)CN(CC1CC1)C(=O)OC(C)(C)C)O[C@H](C)C2. The summed E-state index contributed by atoms with van der Waals surface area (Å²) in [5.74, 6) is 1.80. The van der Waals surface area contributed by atoms with Gasteiger partial charge >= 0.3 is 6.09 Å². The minimum atomic E-state index is -0.593. The highest BCUT2D eigenvalue weighted by Gasteiger charge is 2.30. The minimum Gasteiger partial charge on any atom is -0.496 e. The van der Waals surface area contributed by atoms with E-state index >= 15 is 0 Å². The average Bonchev–Trinajstić information content (AvgIpc) is 3.36. The molecule has 2 aliphatic rings. The number of carbonyl (C=O) groups is 2. The predicted octanol–water partition coefficient (Wildman–Crippen LogP) is 3.28. The normalized spacial score (nSPS) is 17.9. The van der Waals surface area contributed by atoms with E-state index < -0.39 is 11.7 Å². The standard InChI is InChI=1S/C22H32N2O5/c1-14-8-16-9-18(27-5)17(10-19(16)28-14)11-23-20(25)13-24(12-15-6-7-15)21(26)29-22(2,3)4/h9-10,14-15H,6-8,11-13H2,1-5H3,(H,23,25)/t14-/m1/s1. The highest BCUT2D eigenvalue weighted by atomic mass is 16.6. The zero-order valence-corrected chi connectivity index (χ0v) is 18.0. The maximum atomic E-state index is 12.6. The number of rotatable bonds is 7. The fourth-order valence-corrected chi connectivity index (χ4v) is 3.37. The molecule has 1 aliphatic heterocycles. The summed E-state index contributed by atoms with van der Waals surface area (Å²) in [5, 5.41) is 2.89. The second-order valence-corrected chi connectivity index (χ2v) is 8.99. The Morgan fingerprint density at radius 3 is 2.62 bits per heavy atom. The van der Waals surface area contributed by atoms with Gasteiger partial charge in [-0.25, -0.2) is 4.79 Å². The van der Waals surface area contributed by atoms with Crippen LogP contribution in [0.5, 0.6) is 11.5 Å². The van der Waals surface area contributed by atoms with Crippen LogP contribution in [0.1, 0.15) is 51.7 Å². The molecule has 1 atom stereocenters. The van der Waals surface area contributed by atoms with Gasteiger partial charge in [-0.3, -0.25) is 9.69 Å². The Hall–Kier alpha value is -2.44. The lowest BCUT2D eigenvalue weighted by molar-refractivity contribution is -0.122. The number of carbonyl (C=O) groups excluding carboxylic acids is 2. The van der Waals surface area contributed by atoms with E-state index in [0.29, 0.717) is 19.0 Å². The Labute approximate surface area is 172 Å². The van der Waals surface area contributed by atoms with Crippen LogP contribution in [-0.4, -0.2) is 48.8 Å². The molecule has 29 heavy (non-hydrogen) atoms. The van der Waals surface area contributed by atoms with Crippen LogP contribution in [-0.2, 0) is 22.5 Å². The zero-order chi connectivity index (χ0) is 21.2. The predicted molar refractivity (Wildman–Crippen MR) is 109 cm³/mol. The third kappa shape index (κ3) is 6.02. The third-order valence-corrected chi connectivity index (χ3v) is 4.94. The molecule has 2 amide bonds. The van der Waals surface area contributed by atoms with E-state index in [1.54, 1.807) is 7.11 Å². The number of benzene rings is 1. The molecule has 0 radical (unpaired) electrons. The molecular weight excluding hydrogens is 372 g/mol. The second kappa shape index (κ2) is 8.51. The smallest absolute Gasteiger partial charge is 0.410 e. The monoisotopic (exact) mass is 404 g/mol. The van der Waals surface area contributed by atoms with E-state index in [-0.39, 0.29) is 18.6 Å². The lowest BCUT2D eigenvalue weighted by Gasteiger charge is -2.27. The lowest BCUT2D eigenvalue weighted by Crippen LogP contribution is -2.44. The zero-order valence-electron chi connectivity index (χ0n) is 18.0. The number of nitrogens with zero attached hydrogens (tertiary/aromatic N) is 1. The Morgan fingerprint density at radius 2 is 2.00 bits per heavy atom. The largest absolute Gasteiger partial charge is 0.496 e. The molecule has 3 rings (SSSR count). The summed E-state index contributed by atoms with van der Waals surface area (Å²) in [6, 6.07) is 3.90. The molecule has 7 nitrogen and oxygen atoms in total. The molecule has 0 aromatic heterocycles. The molecule has 0 saturated heterocycles. The molecule has 0 spiro atoms. The van der Waals surface area contributed by atoms with Crippen molar-refractivity contribution in [1.29, 1.82) is 0 Å². The van der Waals surface area contributed by atoms with Crippen molar-refractivity contribution >= 4 is 12.0 Å². The molecule has 1 saturated carbocycles. The van der Waals surface area contributed by atoms with E-state index in [9.17, 15) is 9.59 Å². The first-order valence-corrected chi connectivity index (χ1v) is 10.3. The Kier molecular flexibility index (Phi) is 6.24. The van der Waals surface area contributed by atoms with Crippen molar-refractivity contribution in [3.05, 3.63) is 23.3 Å². The van der Waals surface area contributed by atoms with Crippen molar-refractivity contribution < 1.29 is 23.8 Å². The summed E-state index contributed by atoms with van der Waals surface area (Å²) in [6.07, 6.45) is 2.73. The van der Waals surface area contributed by atoms with E-state index in [1.807, 2.05) is 39.8 Å². The second-order valence-electron chi connectivity index (χ2n) is 8.99. The summed E-state index contributed by atoms with van der Waals surface area (Å²) in [4.78, 5) is 26.5. The van der Waals surface area contributed by atoms with E-state index in [0.717, 1.165) is 41.9 Å². The maximum absolute atomic E-state index is 12.6. The van der Waals surface area contributed by atoms with Crippen LogP contribution in [0, 0.1) is 5.92 Å². The molecule has 1 aromatic carbocycles. The van der Waals surface area contributed by atoms with Crippen LogP contribution < -0.4 is 14.8 Å². The molecule has 1 aliphatic carbocycles. The fraction of sp³-hybridized carbons (Fsp3) is 0.636. The molecule has 0 unspecified atom stereocenters. The summed E-state index contributed by atoms with van der Waals surface area (Å²) in [5.41, 5.74) is 1.37. The van der Waals surface area contributed by atoms with E-state index in [1.165, 1.54) is 4.90 Å². The number of hydrogen-bond acceptors (Lipinski definition) is 5. The number of ether oxygens (including phenoxy) is 3. The van der Waals surface area contributed by atoms with Crippen molar-refractivity contribution in [2.75, 3.05) is 20.2 Å². The number of hydrogen-bond donors (Lipinski definition) is 1. The van der Waals surface area contributed by atoms with Crippen molar-refractivity contribution in [1.82, 2.24) is 10.2 Å². The first kappa shape index (κ1) is 21.3. The molecule has 1 heterocycles. The summed E-state index contributed by atoms with van der Waals surface area (Å²) >= 11 is 0. The van der Waals surface area contributed by atoms with Gasteiger partial charge in [0.25, 0.3) is 0 Å². The Balaban J connectivity index is 1.60. The number of nitrogens with one attached hydrogen (secondary N) is 1. The van der Waals surface area contributed by atoms with Gasteiger partial charge in [0.2, 0.25) is 5.91 Å². The Bertz CT molecular complexity index is 767. The maximum Gasteiger partial charge on any atom is 0.410 e. The van der Waals surface area contributed by atoms with Gasteiger partial charge in [0.05, 0.1) is 7.11 Å². The molecule has 0 bridgehead atoms. The van der Waals surface area contributed by atoms with Crippen LogP contribution >= 0.6 is 0 Å². The number of amides is 2. The molecule has 1 aromatic rings. The van der Waals surface area contributed by atoms with Gasteiger partial charge in [-0.2, -0.15) is 0 Å². The Morgan fingerprint density at radius 1 is 1.28 bits per heavy atom. The third-order valence-electron chi connectivity index (χ3n) is 4.94. The first-order chi connectivity index (χ1) is 13.6. The van der Waals surface area contributed by atoms with Crippen molar-refractivity contribution in [3.63, 3.8) is 0 Å². The quantitative estimate of drug-likeness (QED) is 0.755. The summed E-state index contributed by atoms with van der Waals surface area (Å²) in [7, 11) is 1.62. The average molecular weight is 405 g/mol. The van der Waals surface area contributed by atoms with Gasteiger partial charge in [-0.15, -0.1) is 0 Å². The fourth-order valence-electron chi connectivity index (χ4n) is 3.37. The minimum absolute atomic E-state index is 0.0216. The molecule has 1 N–H and O–H groups in total. The molecular formula is C22H32N2O5. The highest BCUT2D eigenvalue weighted by molar-refractivity contribution is 5.82. The van der Waals surface area contributed by atoms with Crippen molar-refractivity contribution in [2.45, 2.75) is 65.2 Å². The topological polar surface area (TPSA) is 77.1 Å². The molecule has 1 fully saturated rings. The van der Waals surface area contributed by atoms with Crippen LogP contribution in [0.25, 0.3) is 0 Å². The molecule has 7 heteroatoms. The van der Waals surface area contributed by atoms with Crippen LogP contribution in [0.2, 0.25) is 0 Å². The van der Waals surface area contributed by atoms with E-state index in [4.69, 9.17) is 14.2 Å². The van der Waals surface area contributed by atoms with Crippen LogP contribution in [0.15, 0.2) is 12.1 Å². The summed E-state index contributed by atoms with van der Waals surface area (Å²) in [6.45, 7) is 8.33. The van der Waals surface area contributed by atoms with Gasteiger partial charge in [0.15, 0.2) is 0 Å². The van der Waals surface area contributed by atoms with Gasteiger partial charge in [0, 0.05) is 30.6 Å². The van der Waals surface area contributed by atoms with Gasteiger partial charge in [-0.1, -0.05) is 0 Å². The summed E-state index contributed by atoms with van der Waals surface area (Å²) < 4.78 is 16.8. The van der Waals surface area contributed by atoms with Crippen LogP contribution in [0.3, 0.4) is 0 Å². The lowest BCUT2D eigenvalue weighted by atomic mass is 10.1.